The van der Waals surface area contributed by atoms with Crippen molar-refractivity contribution in [2.24, 2.45) is 5.73 Å². The quantitative estimate of drug-likeness (QED) is 0.845. The first-order chi connectivity index (χ1) is 10.3. The molecule has 128 valence electrons. The van der Waals surface area contributed by atoms with Gasteiger partial charge in [0.1, 0.15) is 5.82 Å². The summed E-state index contributed by atoms with van der Waals surface area (Å²) < 4.78 is 0. The highest BCUT2D eigenvalue weighted by Gasteiger charge is 2.17. The lowest BCUT2D eigenvalue weighted by atomic mass is 10.2. The summed E-state index contributed by atoms with van der Waals surface area (Å²) in [6, 6.07) is 7.45. The number of aromatic nitrogens is 2. The highest BCUT2D eigenvalue weighted by atomic mass is 35.5. The lowest BCUT2D eigenvalue weighted by Crippen LogP contribution is -2.47. The third-order valence-electron chi connectivity index (χ3n) is 3.95. The first-order valence-electron chi connectivity index (χ1n) is 7.39. The number of halogens is 2. The topological polar surface area (TPSA) is 78.2 Å². The van der Waals surface area contributed by atoms with Crippen molar-refractivity contribution in [1.82, 2.24) is 19.8 Å². The van der Waals surface area contributed by atoms with Gasteiger partial charge in [0.15, 0.2) is 0 Å². The van der Waals surface area contributed by atoms with Crippen LogP contribution in [0.1, 0.15) is 5.82 Å². The van der Waals surface area contributed by atoms with Crippen LogP contribution < -0.4 is 11.3 Å². The van der Waals surface area contributed by atoms with Crippen LogP contribution in [-0.4, -0.2) is 59.0 Å². The summed E-state index contributed by atoms with van der Waals surface area (Å²) >= 11 is 0. The van der Waals surface area contributed by atoms with Gasteiger partial charge in [-0.05, 0) is 12.1 Å². The van der Waals surface area contributed by atoms with E-state index in [0.29, 0.717) is 18.5 Å². The molecule has 23 heavy (non-hydrogen) atoms. The number of hydrogen-bond acceptors (Lipinski definition) is 5. The highest BCUT2D eigenvalue weighted by molar-refractivity contribution is 5.85. The lowest BCUT2D eigenvalue weighted by molar-refractivity contribution is 0.127. The maximum Gasteiger partial charge on any atom is 0.258 e. The Kier molecular flexibility index (Phi) is 7.94. The van der Waals surface area contributed by atoms with Gasteiger partial charge in [0, 0.05) is 39.3 Å². The third kappa shape index (κ3) is 4.89. The van der Waals surface area contributed by atoms with E-state index in [9.17, 15) is 4.79 Å². The van der Waals surface area contributed by atoms with Gasteiger partial charge in [-0.2, -0.15) is 0 Å². The van der Waals surface area contributed by atoms with E-state index in [1.807, 2.05) is 18.2 Å². The molecule has 6 nitrogen and oxygen atoms in total. The number of hydrogen-bond donors (Lipinski definition) is 2. The number of aromatic amines is 1. The molecule has 1 saturated heterocycles. The van der Waals surface area contributed by atoms with Gasteiger partial charge in [-0.15, -0.1) is 24.8 Å². The second-order valence-electron chi connectivity index (χ2n) is 5.44. The molecule has 0 unspecified atom stereocenters. The van der Waals surface area contributed by atoms with Crippen molar-refractivity contribution >= 4 is 35.7 Å². The molecule has 0 aliphatic carbocycles. The zero-order chi connectivity index (χ0) is 14.7. The van der Waals surface area contributed by atoms with Crippen LogP contribution in [0, 0.1) is 0 Å². The van der Waals surface area contributed by atoms with E-state index in [0.717, 1.165) is 44.1 Å². The van der Waals surface area contributed by atoms with E-state index in [2.05, 4.69) is 19.8 Å². The van der Waals surface area contributed by atoms with Crippen LogP contribution in [0.3, 0.4) is 0 Å². The van der Waals surface area contributed by atoms with Gasteiger partial charge < -0.3 is 10.7 Å². The number of nitrogens with one attached hydrogen (secondary N) is 1. The minimum atomic E-state index is -0.0580. The van der Waals surface area contributed by atoms with E-state index >= 15 is 0 Å². The van der Waals surface area contributed by atoms with Crippen molar-refractivity contribution < 1.29 is 0 Å². The number of para-hydroxylation sites is 1. The standard InChI is InChI=1S/C15H21N5O.2ClH/c16-5-6-19-7-9-20(10-8-19)11-14-17-13-4-2-1-3-12(13)15(21)18-14;;/h1-4H,5-11,16H2,(H,17,18,21);2*1H. The summed E-state index contributed by atoms with van der Waals surface area (Å²) in [5, 5.41) is 0.647. The zero-order valence-electron chi connectivity index (χ0n) is 12.9. The van der Waals surface area contributed by atoms with Crippen molar-refractivity contribution in [3.8, 4) is 0 Å². The number of nitrogens with two attached hydrogens (primary N) is 1. The van der Waals surface area contributed by atoms with E-state index in [-0.39, 0.29) is 30.4 Å². The molecule has 0 atom stereocenters. The molecule has 0 saturated carbocycles. The fraction of sp³-hybridized carbons (Fsp3) is 0.467. The van der Waals surface area contributed by atoms with Gasteiger partial charge in [-0.1, -0.05) is 12.1 Å². The van der Waals surface area contributed by atoms with Crippen LogP contribution in [-0.2, 0) is 6.54 Å². The molecule has 2 aromatic rings. The van der Waals surface area contributed by atoms with Gasteiger partial charge in [0.05, 0.1) is 17.4 Å². The Morgan fingerprint density at radius 2 is 1.74 bits per heavy atom. The molecule has 1 aromatic carbocycles. The minimum absolute atomic E-state index is 0. The molecule has 8 heteroatoms. The van der Waals surface area contributed by atoms with Crippen molar-refractivity contribution in [2.45, 2.75) is 6.54 Å². The van der Waals surface area contributed by atoms with Crippen molar-refractivity contribution in [1.29, 1.82) is 0 Å². The molecule has 0 amide bonds. The van der Waals surface area contributed by atoms with E-state index in [1.165, 1.54) is 0 Å². The summed E-state index contributed by atoms with van der Waals surface area (Å²) in [6.07, 6.45) is 0. The first-order valence-corrected chi connectivity index (χ1v) is 7.39. The van der Waals surface area contributed by atoms with Crippen molar-refractivity contribution in [3.63, 3.8) is 0 Å². The summed E-state index contributed by atoms with van der Waals surface area (Å²) in [5.41, 5.74) is 6.29. The molecule has 1 fully saturated rings. The first kappa shape index (κ1) is 19.9. The van der Waals surface area contributed by atoms with Crippen molar-refractivity contribution in [3.05, 3.63) is 40.4 Å². The maximum atomic E-state index is 12.0. The predicted molar refractivity (Wildman–Crippen MR) is 97.6 cm³/mol. The number of nitrogens with zero attached hydrogens (tertiary/aromatic N) is 3. The lowest BCUT2D eigenvalue weighted by Gasteiger charge is -2.34. The number of H-pyrrole nitrogens is 1. The molecule has 1 aliphatic rings. The molecule has 0 radical (unpaired) electrons. The number of piperazine rings is 1. The van der Waals surface area contributed by atoms with Gasteiger partial charge in [0.25, 0.3) is 5.56 Å². The summed E-state index contributed by atoms with van der Waals surface area (Å²) in [7, 11) is 0. The summed E-state index contributed by atoms with van der Waals surface area (Å²) in [4.78, 5) is 24.2. The third-order valence-corrected chi connectivity index (χ3v) is 3.95. The number of rotatable bonds is 4. The molecular formula is C15H23Cl2N5O. The number of benzene rings is 1. The fourth-order valence-corrected chi connectivity index (χ4v) is 2.78. The number of fused-ring (bicyclic) bond motifs is 1. The largest absolute Gasteiger partial charge is 0.329 e. The normalized spacial score (nSPS) is 15.9. The van der Waals surface area contributed by atoms with Crippen molar-refractivity contribution in [2.75, 3.05) is 39.3 Å². The molecule has 2 heterocycles. The van der Waals surface area contributed by atoms with Crippen LogP contribution in [0.2, 0.25) is 0 Å². The van der Waals surface area contributed by atoms with Crippen LogP contribution in [0.25, 0.3) is 10.9 Å². The fourth-order valence-electron chi connectivity index (χ4n) is 2.78. The molecular weight excluding hydrogens is 337 g/mol. The van der Waals surface area contributed by atoms with E-state index in [4.69, 9.17) is 5.73 Å². The summed E-state index contributed by atoms with van der Waals surface area (Å²) in [5.74, 6) is 0.742. The molecule has 1 aromatic heterocycles. The highest BCUT2D eigenvalue weighted by Crippen LogP contribution is 2.08. The molecule has 3 rings (SSSR count). The Labute approximate surface area is 147 Å². The monoisotopic (exact) mass is 359 g/mol. The van der Waals surface area contributed by atoms with Gasteiger partial charge in [-0.25, -0.2) is 4.98 Å². The summed E-state index contributed by atoms with van der Waals surface area (Å²) in [6.45, 7) is 6.37. The average molecular weight is 360 g/mol. The van der Waals surface area contributed by atoms with Gasteiger partial charge >= 0.3 is 0 Å². The molecule has 3 N–H and O–H groups in total. The maximum absolute atomic E-state index is 12.0. The smallest absolute Gasteiger partial charge is 0.258 e. The Bertz CT molecular complexity index is 670. The van der Waals surface area contributed by atoms with Crippen LogP contribution >= 0.6 is 24.8 Å². The van der Waals surface area contributed by atoms with Gasteiger partial charge in [-0.3, -0.25) is 14.6 Å². The van der Waals surface area contributed by atoms with Crippen LogP contribution in [0.4, 0.5) is 0 Å². The van der Waals surface area contributed by atoms with Crippen LogP contribution in [0.5, 0.6) is 0 Å². The zero-order valence-corrected chi connectivity index (χ0v) is 14.5. The SMILES string of the molecule is Cl.Cl.NCCN1CCN(Cc2nc3ccccc3c(=O)[nH]2)CC1. The second-order valence-corrected chi connectivity index (χ2v) is 5.44. The second kappa shape index (κ2) is 9.20. The minimum Gasteiger partial charge on any atom is -0.329 e. The van der Waals surface area contributed by atoms with Gasteiger partial charge in [0.2, 0.25) is 0 Å². The Hall–Kier alpha value is -1.18. The van der Waals surface area contributed by atoms with E-state index in [1.54, 1.807) is 6.07 Å². The Morgan fingerprint density at radius 3 is 2.43 bits per heavy atom. The Morgan fingerprint density at radius 1 is 1.09 bits per heavy atom. The molecule has 1 aliphatic heterocycles. The Balaban J connectivity index is 0.00000132. The molecule has 0 bridgehead atoms. The predicted octanol–water partition coefficient (Wildman–Crippen LogP) is 0.843. The average Bonchev–Trinajstić information content (AvgIpc) is 2.50. The molecule has 0 spiro atoms. The van der Waals surface area contributed by atoms with E-state index < -0.39 is 0 Å². The van der Waals surface area contributed by atoms with Crippen LogP contribution in [0.15, 0.2) is 29.1 Å².